The third-order valence-corrected chi connectivity index (χ3v) is 4.17. The number of nitro benzene ring substituents is 1. The Bertz CT molecular complexity index is 793. The topological polar surface area (TPSA) is 81.5 Å². The van der Waals surface area contributed by atoms with Crippen LogP contribution < -0.4 is 10.1 Å². The molecule has 1 amide bonds. The Labute approximate surface area is 154 Å². The molecule has 0 bridgehead atoms. The number of ether oxygens (including phenoxy) is 1. The molecule has 132 valence electrons. The van der Waals surface area contributed by atoms with Crippen molar-refractivity contribution in [3.05, 3.63) is 62.1 Å². The number of amides is 1. The van der Waals surface area contributed by atoms with Crippen LogP contribution in [-0.4, -0.2) is 17.4 Å². The number of nitrogens with one attached hydrogen (secondary N) is 1. The zero-order valence-electron chi connectivity index (χ0n) is 14.0. The van der Waals surface area contributed by atoms with E-state index in [2.05, 4.69) is 28.2 Å². The van der Waals surface area contributed by atoms with Gasteiger partial charge in [-0.15, -0.1) is 0 Å². The summed E-state index contributed by atoms with van der Waals surface area (Å²) in [5.74, 6) is 0.235. The molecule has 0 fully saturated rings. The lowest BCUT2D eigenvalue weighted by molar-refractivity contribution is -0.384. The van der Waals surface area contributed by atoms with Crippen LogP contribution in [-0.2, 0) is 0 Å². The Morgan fingerprint density at radius 3 is 2.68 bits per heavy atom. The molecule has 25 heavy (non-hydrogen) atoms. The Morgan fingerprint density at radius 1 is 1.28 bits per heavy atom. The lowest BCUT2D eigenvalue weighted by Crippen LogP contribution is -2.13. The molecule has 0 aliphatic rings. The van der Waals surface area contributed by atoms with E-state index in [-0.39, 0.29) is 11.4 Å². The van der Waals surface area contributed by atoms with Crippen LogP contribution in [0.2, 0.25) is 0 Å². The molecule has 0 saturated heterocycles. The van der Waals surface area contributed by atoms with Crippen molar-refractivity contribution < 1.29 is 14.5 Å². The average Bonchev–Trinajstić information content (AvgIpc) is 2.57. The average molecular weight is 407 g/mol. The van der Waals surface area contributed by atoms with E-state index in [9.17, 15) is 14.9 Å². The van der Waals surface area contributed by atoms with Crippen LogP contribution >= 0.6 is 15.9 Å². The van der Waals surface area contributed by atoms with E-state index >= 15 is 0 Å². The van der Waals surface area contributed by atoms with E-state index in [1.54, 1.807) is 31.2 Å². The van der Waals surface area contributed by atoms with Crippen molar-refractivity contribution in [2.45, 2.75) is 26.7 Å². The lowest BCUT2D eigenvalue weighted by Gasteiger charge is -2.10. The number of hydrogen-bond acceptors (Lipinski definition) is 4. The summed E-state index contributed by atoms with van der Waals surface area (Å²) < 4.78 is 6.29. The summed E-state index contributed by atoms with van der Waals surface area (Å²) in [6.45, 7) is 4.44. The van der Waals surface area contributed by atoms with Gasteiger partial charge in [-0.1, -0.05) is 19.4 Å². The first-order valence-corrected chi connectivity index (χ1v) is 8.70. The van der Waals surface area contributed by atoms with E-state index in [0.717, 1.165) is 18.4 Å². The molecule has 0 aromatic heterocycles. The third kappa shape index (κ3) is 5.03. The van der Waals surface area contributed by atoms with E-state index < -0.39 is 10.8 Å². The van der Waals surface area contributed by atoms with Gasteiger partial charge in [0.25, 0.3) is 11.6 Å². The van der Waals surface area contributed by atoms with Crippen molar-refractivity contribution in [2.75, 3.05) is 11.9 Å². The minimum absolute atomic E-state index is 0.132. The molecule has 7 heteroatoms. The monoisotopic (exact) mass is 406 g/mol. The Kier molecular flexibility index (Phi) is 6.52. The molecule has 0 heterocycles. The third-order valence-electron chi connectivity index (χ3n) is 3.55. The number of rotatable bonds is 7. The number of nitro groups is 1. The number of carbonyl (C=O) groups is 1. The number of unbranched alkanes of at least 4 members (excludes halogenated alkanes) is 1. The molecular weight excluding hydrogens is 388 g/mol. The summed E-state index contributed by atoms with van der Waals surface area (Å²) in [5.41, 5.74) is 1.16. The first kappa shape index (κ1) is 18.9. The second-order valence-corrected chi connectivity index (χ2v) is 6.43. The van der Waals surface area contributed by atoms with Crippen LogP contribution in [0, 0.1) is 17.0 Å². The van der Waals surface area contributed by atoms with Gasteiger partial charge in [0.2, 0.25) is 0 Å². The standard InChI is InChI=1S/C18H19BrN2O4/c1-3-4-9-25-17-8-6-13(11-14(17)19)18(22)20-15-7-5-12(2)10-16(15)21(23)24/h5-8,10-11H,3-4,9H2,1-2H3,(H,20,22). The van der Waals surface area contributed by atoms with Crippen LogP contribution in [0.4, 0.5) is 11.4 Å². The minimum atomic E-state index is -0.511. The van der Waals surface area contributed by atoms with E-state index in [4.69, 9.17) is 4.74 Å². The fraction of sp³-hybridized carbons (Fsp3) is 0.278. The first-order chi connectivity index (χ1) is 11.9. The van der Waals surface area contributed by atoms with Crippen molar-refractivity contribution in [1.82, 2.24) is 0 Å². The normalized spacial score (nSPS) is 10.4. The number of halogens is 1. The summed E-state index contributed by atoms with van der Waals surface area (Å²) in [5, 5.41) is 13.7. The highest BCUT2D eigenvalue weighted by Crippen LogP contribution is 2.28. The zero-order chi connectivity index (χ0) is 18.4. The molecule has 0 unspecified atom stereocenters. The fourth-order valence-electron chi connectivity index (χ4n) is 2.18. The molecule has 0 saturated carbocycles. The van der Waals surface area contributed by atoms with Crippen molar-refractivity contribution in [3.63, 3.8) is 0 Å². The van der Waals surface area contributed by atoms with E-state index in [0.29, 0.717) is 22.4 Å². The molecule has 6 nitrogen and oxygen atoms in total. The zero-order valence-corrected chi connectivity index (χ0v) is 15.6. The predicted molar refractivity (Wildman–Crippen MR) is 100 cm³/mol. The summed E-state index contributed by atoms with van der Waals surface area (Å²) in [6, 6.07) is 9.64. The molecule has 2 rings (SSSR count). The Hall–Kier alpha value is -2.41. The molecule has 1 N–H and O–H groups in total. The van der Waals surface area contributed by atoms with E-state index in [1.807, 2.05) is 0 Å². The SMILES string of the molecule is CCCCOc1ccc(C(=O)Nc2ccc(C)cc2[N+](=O)[O-])cc1Br. The number of anilines is 1. The van der Waals surface area contributed by atoms with Gasteiger partial charge in [-0.2, -0.15) is 0 Å². The van der Waals surface area contributed by atoms with Gasteiger partial charge >= 0.3 is 0 Å². The number of carbonyl (C=O) groups excluding carboxylic acids is 1. The van der Waals surface area contributed by atoms with E-state index in [1.165, 1.54) is 12.1 Å². The van der Waals surface area contributed by atoms with Crippen LogP contribution in [0.15, 0.2) is 40.9 Å². The first-order valence-electron chi connectivity index (χ1n) is 7.91. The van der Waals surface area contributed by atoms with Gasteiger partial charge in [-0.25, -0.2) is 0 Å². The molecule has 0 aliphatic carbocycles. The summed E-state index contributed by atoms with van der Waals surface area (Å²) >= 11 is 3.39. The fourth-order valence-corrected chi connectivity index (χ4v) is 2.67. The van der Waals surface area contributed by atoms with Gasteiger partial charge in [0.1, 0.15) is 11.4 Å². The number of nitrogens with zero attached hydrogens (tertiary/aromatic N) is 1. The van der Waals surface area contributed by atoms with Gasteiger partial charge in [-0.3, -0.25) is 14.9 Å². The number of aryl methyl sites for hydroxylation is 1. The Morgan fingerprint density at radius 2 is 2.04 bits per heavy atom. The maximum Gasteiger partial charge on any atom is 0.293 e. The van der Waals surface area contributed by atoms with Crippen LogP contribution in [0.25, 0.3) is 0 Å². The second kappa shape index (κ2) is 8.62. The van der Waals surface area contributed by atoms with Gasteiger partial charge in [-0.05, 0) is 59.1 Å². The Balaban J connectivity index is 2.16. The van der Waals surface area contributed by atoms with Crippen molar-refractivity contribution >= 4 is 33.2 Å². The molecule has 0 atom stereocenters. The summed E-state index contributed by atoms with van der Waals surface area (Å²) in [7, 11) is 0. The number of hydrogen-bond donors (Lipinski definition) is 1. The highest BCUT2D eigenvalue weighted by molar-refractivity contribution is 9.10. The molecule has 2 aromatic rings. The smallest absolute Gasteiger partial charge is 0.293 e. The minimum Gasteiger partial charge on any atom is -0.492 e. The second-order valence-electron chi connectivity index (χ2n) is 5.58. The molecule has 2 aromatic carbocycles. The quantitative estimate of drug-likeness (QED) is 0.394. The van der Waals surface area contributed by atoms with Gasteiger partial charge in [0.05, 0.1) is 16.0 Å². The van der Waals surface area contributed by atoms with Gasteiger partial charge in [0, 0.05) is 11.6 Å². The van der Waals surface area contributed by atoms with Gasteiger partial charge in [0.15, 0.2) is 0 Å². The predicted octanol–water partition coefficient (Wildman–Crippen LogP) is 5.10. The van der Waals surface area contributed by atoms with Crippen molar-refractivity contribution in [2.24, 2.45) is 0 Å². The summed E-state index contributed by atoms with van der Waals surface area (Å²) in [4.78, 5) is 23.0. The van der Waals surface area contributed by atoms with Gasteiger partial charge < -0.3 is 10.1 Å². The highest BCUT2D eigenvalue weighted by Gasteiger charge is 2.17. The van der Waals surface area contributed by atoms with Crippen LogP contribution in [0.5, 0.6) is 5.75 Å². The summed E-state index contributed by atoms with van der Waals surface area (Å²) in [6.07, 6.45) is 1.99. The van der Waals surface area contributed by atoms with Crippen LogP contribution in [0.1, 0.15) is 35.7 Å². The number of benzene rings is 2. The molecule has 0 spiro atoms. The van der Waals surface area contributed by atoms with Crippen molar-refractivity contribution in [1.29, 1.82) is 0 Å². The van der Waals surface area contributed by atoms with Crippen LogP contribution in [0.3, 0.4) is 0 Å². The van der Waals surface area contributed by atoms with Crippen molar-refractivity contribution in [3.8, 4) is 5.75 Å². The molecule has 0 radical (unpaired) electrons. The largest absolute Gasteiger partial charge is 0.492 e. The lowest BCUT2D eigenvalue weighted by atomic mass is 10.1. The highest BCUT2D eigenvalue weighted by atomic mass is 79.9. The molecular formula is C18H19BrN2O4. The maximum absolute atomic E-state index is 12.4. The molecule has 0 aliphatic heterocycles. The maximum atomic E-state index is 12.4.